The molecule has 0 amide bonds. The van der Waals surface area contributed by atoms with Crippen LogP contribution in [0.25, 0.3) is 0 Å². The number of ketones is 1. The molecule has 1 aliphatic carbocycles. The van der Waals surface area contributed by atoms with E-state index in [0.29, 0.717) is 5.56 Å². The molecule has 15 heavy (non-hydrogen) atoms. The second-order valence-electron chi connectivity index (χ2n) is 4.16. The van der Waals surface area contributed by atoms with Gasteiger partial charge in [-0.15, -0.1) is 0 Å². The summed E-state index contributed by atoms with van der Waals surface area (Å²) >= 11 is 0. The Bertz CT molecular complexity index is 437. The maximum atomic E-state index is 11.3. The van der Waals surface area contributed by atoms with Gasteiger partial charge in [0.15, 0.2) is 5.78 Å². The first-order chi connectivity index (χ1) is 6.99. The van der Waals surface area contributed by atoms with Gasteiger partial charge in [-0.1, -0.05) is 6.07 Å². The van der Waals surface area contributed by atoms with Gasteiger partial charge in [0.25, 0.3) is 0 Å². The van der Waals surface area contributed by atoms with Crippen LogP contribution < -0.4 is 0 Å². The van der Waals surface area contributed by atoms with Crippen molar-refractivity contribution >= 4 is 5.78 Å². The van der Waals surface area contributed by atoms with Crippen molar-refractivity contribution in [2.75, 3.05) is 7.11 Å². The standard InChI is InChI=1S/C12H14O3/c1-7(13)9-5-4-8-6-12(2,15-3)10(8)11(9)14/h4-5,14H,6H2,1-3H3. The molecule has 1 aliphatic rings. The van der Waals surface area contributed by atoms with Gasteiger partial charge < -0.3 is 9.84 Å². The molecular weight excluding hydrogens is 192 g/mol. The zero-order valence-electron chi connectivity index (χ0n) is 9.13. The average molecular weight is 206 g/mol. The number of phenolic OH excluding ortho intramolecular Hbond substituents is 1. The van der Waals surface area contributed by atoms with Crippen LogP contribution in [0.4, 0.5) is 0 Å². The number of carbonyl (C=O) groups excluding carboxylic acids is 1. The molecule has 80 valence electrons. The number of benzene rings is 1. The monoisotopic (exact) mass is 206 g/mol. The van der Waals surface area contributed by atoms with Crippen LogP contribution in [0.15, 0.2) is 12.1 Å². The van der Waals surface area contributed by atoms with Crippen molar-refractivity contribution in [2.24, 2.45) is 0 Å². The van der Waals surface area contributed by atoms with Gasteiger partial charge in [-0.25, -0.2) is 0 Å². The molecule has 0 bridgehead atoms. The molecule has 2 rings (SSSR count). The van der Waals surface area contributed by atoms with E-state index < -0.39 is 5.60 Å². The van der Waals surface area contributed by atoms with E-state index in [-0.39, 0.29) is 11.5 Å². The van der Waals surface area contributed by atoms with Crippen molar-refractivity contribution in [3.63, 3.8) is 0 Å². The van der Waals surface area contributed by atoms with Crippen molar-refractivity contribution in [3.8, 4) is 5.75 Å². The molecule has 1 N–H and O–H groups in total. The minimum Gasteiger partial charge on any atom is -0.507 e. The van der Waals surface area contributed by atoms with Crippen molar-refractivity contribution in [2.45, 2.75) is 25.9 Å². The van der Waals surface area contributed by atoms with Gasteiger partial charge in [0.1, 0.15) is 5.75 Å². The molecule has 0 fully saturated rings. The smallest absolute Gasteiger partial charge is 0.163 e. The predicted octanol–water partition coefficient (Wildman–Crippen LogP) is 2.01. The topological polar surface area (TPSA) is 46.5 Å². The number of carbonyl (C=O) groups is 1. The first kappa shape index (κ1) is 10.2. The quantitative estimate of drug-likeness (QED) is 0.753. The van der Waals surface area contributed by atoms with Crippen LogP contribution in [0.3, 0.4) is 0 Å². The Kier molecular flexibility index (Phi) is 2.08. The van der Waals surface area contributed by atoms with E-state index in [0.717, 1.165) is 17.5 Å². The molecule has 0 saturated heterocycles. The number of rotatable bonds is 2. The Labute approximate surface area is 88.7 Å². The first-order valence-corrected chi connectivity index (χ1v) is 4.91. The highest BCUT2D eigenvalue weighted by atomic mass is 16.5. The number of methoxy groups -OCH3 is 1. The van der Waals surface area contributed by atoms with Crippen molar-refractivity contribution < 1.29 is 14.6 Å². The van der Waals surface area contributed by atoms with Gasteiger partial charge in [-0.3, -0.25) is 4.79 Å². The molecular formula is C12H14O3. The van der Waals surface area contributed by atoms with E-state index in [1.807, 2.05) is 13.0 Å². The fourth-order valence-corrected chi connectivity index (χ4v) is 2.17. The summed E-state index contributed by atoms with van der Waals surface area (Å²) in [5.41, 5.74) is 1.75. The number of hydrogen-bond acceptors (Lipinski definition) is 3. The van der Waals surface area contributed by atoms with Crippen LogP contribution in [-0.2, 0) is 16.8 Å². The molecule has 0 aromatic heterocycles. The zero-order valence-corrected chi connectivity index (χ0v) is 9.13. The molecule has 1 aromatic carbocycles. The number of hydrogen-bond donors (Lipinski definition) is 1. The van der Waals surface area contributed by atoms with Crippen LogP contribution in [0.5, 0.6) is 5.75 Å². The second kappa shape index (κ2) is 3.07. The average Bonchev–Trinajstić information content (AvgIpc) is 2.14. The molecule has 1 aromatic rings. The van der Waals surface area contributed by atoms with Gasteiger partial charge >= 0.3 is 0 Å². The maximum absolute atomic E-state index is 11.3. The summed E-state index contributed by atoms with van der Waals surface area (Å²) in [7, 11) is 1.61. The van der Waals surface area contributed by atoms with Crippen LogP contribution in [-0.4, -0.2) is 18.0 Å². The summed E-state index contributed by atoms with van der Waals surface area (Å²) in [6.45, 7) is 3.36. The summed E-state index contributed by atoms with van der Waals surface area (Å²) in [5, 5.41) is 9.97. The van der Waals surface area contributed by atoms with E-state index in [1.54, 1.807) is 13.2 Å². The SMILES string of the molecule is COC1(C)Cc2ccc(C(C)=O)c(O)c21. The van der Waals surface area contributed by atoms with Gasteiger partial charge in [-0.05, 0) is 25.5 Å². The second-order valence-corrected chi connectivity index (χ2v) is 4.16. The summed E-state index contributed by atoms with van der Waals surface area (Å²) < 4.78 is 5.34. The lowest BCUT2D eigenvalue weighted by Gasteiger charge is -2.40. The van der Waals surface area contributed by atoms with E-state index in [2.05, 4.69) is 0 Å². The van der Waals surface area contributed by atoms with E-state index in [1.165, 1.54) is 6.92 Å². The fraction of sp³-hybridized carbons (Fsp3) is 0.417. The molecule has 0 aliphatic heterocycles. The van der Waals surface area contributed by atoms with E-state index in [4.69, 9.17) is 4.74 Å². The normalized spacial score (nSPS) is 23.1. The number of Topliss-reactive ketones (excluding diaryl/α,β-unsaturated/α-hetero) is 1. The predicted molar refractivity (Wildman–Crippen MR) is 56.2 cm³/mol. The van der Waals surface area contributed by atoms with Crippen molar-refractivity contribution in [1.29, 1.82) is 0 Å². The summed E-state index contributed by atoms with van der Waals surface area (Å²) in [5.74, 6) is -0.0451. The van der Waals surface area contributed by atoms with Crippen molar-refractivity contribution in [3.05, 3.63) is 28.8 Å². The number of phenols is 1. The van der Waals surface area contributed by atoms with E-state index in [9.17, 15) is 9.90 Å². The van der Waals surface area contributed by atoms with Crippen LogP contribution >= 0.6 is 0 Å². The largest absolute Gasteiger partial charge is 0.507 e. The lowest BCUT2D eigenvalue weighted by atomic mass is 9.73. The van der Waals surface area contributed by atoms with Crippen LogP contribution in [0, 0.1) is 0 Å². The van der Waals surface area contributed by atoms with Crippen LogP contribution in [0.1, 0.15) is 35.3 Å². The Morgan fingerprint density at radius 3 is 2.73 bits per heavy atom. The molecule has 1 atom stereocenters. The minimum absolute atomic E-state index is 0.0793. The van der Waals surface area contributed by atoms with Crippen LogP contribution in [0.2, 0.25) is 0 Å². The summed E-state index contributed by atoms with van der Waals surface area (Å²) in [4.78, 5) is 11.3. The highest BCUT2D eigenvalue weighted by Crippen LogP contribution is 2.47. The molecule has 0 radical (unpaired) electrons. The summed E-state index contributed by atoms with van der Waals surface area (Å²) in [6, 6.07) is 3.55. The van der Waals surface area contributed by atoms with Crippen molar-refractivity contribution in [1.82, 2.24) is 0 Å². The molecule has 0 spiro atoms. The molecule has 3 nitrogen and oxygen atoms in total. The molecule has 0 saturated carbocycles. The lowest BCUT2D eigenvalue weighted by molar-refractivity contribution is -0.0203. The third kappa shape index (κ3) is 1.27. The Balaban J connectivity index is 2.58. The van der Waals surface area contributed by atoms with Gasteiger partial charge in [0.05, 0.1) is 11.2 Å². The molecule has 1 unspecified atom stereocenters. The first-order valence-electron chi connectivity index (χ1n) is 4.91. The zero-order chi connectivity index (χ0) is 11.2. The number of ether oxygens (including phenoxy) is 1. The number of aromatic hydroxyl groups is 1. The Morgan fingerprint density at radius 1 is 1.53 bits per heavy atom. The highest BCUT2D eigenvalue weighted by molar-refractivity contribution is 5.97. The Morgan fingerprint density at radius 2 is 2.20 bits per heavy atom. The third-order valence-electron chi connectivity index (χ3n) is 3.15. The third-order valence-corrected chi connectivity index (χ3v) is 3.15. The highest BCUT2D eigenvalue weighted by Gasteiger charge is 2.42. The Hall–Kier alpha value is -1.35. The summed E-state index contributed by atoms with van der Waals surface area (Å²) in [6.07, 6.45) is 0.782. The molecule has 0 heterocycles. The lowest BCUT2D eigenvalue weighted by Crippen LogP contribution is -2.37. The van der Waals surface area contributed by atoms with E-state index >= 15 is 0 Å². The minimum atomic E-state index is -0.440. The fourth-order valence-electron chi connectivity index (χ4n) is 2.17. The van der Waals surface area contributed by atoms with Gasteiger partial charge in [0.2, 0.25) is 0 Å². The van der Waals surface area contributed by atoms with Gasteiger partial charge in [0, 0.05) is 19.1 Å². The number of fused-ring (bicyclic) bond motifs is 1. The molecule has 3 heteroatoms. The van der Waals surface area contributed by atoms with Gasteiger partial charge in [-0.2, -0.15) is 0 Å². The maximum Gasteiger partial charge on any atom is 0.163 e.